The van der Waals surface area contributed by atoms with E-state index in [0.717, 1.165) is 19.4 Å². The lowest BCUT2D eigenvalue weighted by molar-refractivity contribution is 0.0679. The van der Waals surface area contributed by atoms with Gasteiger partial charge >= 0.3 is 0 Å². The van der Waals surface area contributed by atoms with E-state index < -0.39 is 5.91 Å². The van der Waals surface area contributed by atoms with E-state index in [4.69, 9.17) is 15.2 Å². The number of hydrogen-bond acceptors (Lipinski definition) is 5. The van der Waals surface area contributed by atoms with Crippen LogP contribution < -0.4 is 15.8 Å². The molecule has 0 saturated carbocycles. The number of rotatable bonds is 6. The first-order valence-corrected chi connectivity index (χ1v) is 8.54. The van der Waals surface area contributed by atoms with E-state index in [-0.39, 0.29) is 12.0 Å². The lowest BCUT2D eigenvalue weighted by atomic mass is 10.2. The highest BCUT2D eigenvalue weighted by molar-refractivity contribution is 7.14. The molecule has 126 valence electrons. The van der Waals surface area contributed by atoms with E-state index >= 15 is 0 Å². The van der Waals surface area contributed by atoms with Gasteiger partial charge in [0.1, 0.15) is 17.4 Å². The summed E-state index contributed by atoms with van der Waals surface area (Å²) >= 11 is 1.25. The predicted octanol–water partition coefficient (Wildman–Crippen LogP) is 2.66. The summed E-state index contributed by atoms with van der Waals surface area (Å²) < 4.78 is 11.2. The molecule has 0 aliphatic carbocycles. The Bertz CT molecular complexity index is 720. The molecule has 0 bridgehead atoms. The Morgan fingerprint density at radius 1 is 1.29 bits per heavy atom. The average Bonchev–Trinajstić information content (AvgIpc) is 3.25. The molecule has 1 atom stereocenters. The van der Waals surface area contributed by atoms with Crippen LogP contribution in [0.5, 0.6) is 5.75 Å². The van der Waals surface area contributed by atoms with E-state index in [1.54, 1.807) is 35.7 Å². The van der Waals surface area contributed by atoms with E-state index in [1.807, 2.05) is 0 Å². The third kappa shape index (κ3) is 3.93. The number of amides is 2. The molecule has 1 aromatic heterocycles. The number of ether oxygens (including phenoxy) is 2. The minimum Gasteiger partial charge on any atom is -0.491 e. The topological polar surface area (TPSA) is 90.7 Å². The quantitative estimate of drug-likeness (QED) is 0.841. The summed E-state index contributed by atoms with van der Waals surface area (Å²) in [5.74, 6) is -0.175. The van der Waals surface area contributed by atoms with Gasteiger partial charge in [0.2, 0.25) is 0 Å². The molecule has 3 rings (SSSR count). The van der Waals surface area contributed by atoms with E-state index in [1.165, 1.54) is 11.3 Å². The van der Waals surface area contributed by atoms with Crippen molar-refractivity contribution in [3.63, 3.8) is 0 Å². The molecule has 0 radical (unpaired) electrons. The Hall–Kier alpha value is -2.38. The number of nitrogens with one attached hydrogen (secondary N) is 1. The van der Waals surface area contributed by atoms with Gasteiger partial charge in [-0.3, -0.25) is 9.59 Å². The Kier molecular flexibility index (Phi) is 5.12. The summed E-state index contributed by atoms with van der Waals surface area (Å²) in [4.78, 5) is 23.5. The average molecular weight is 346 g/mol. The first-order chi connectivity index (χ1) is 11.6. The fourth-order valence-electron chi connectivity index (χ4n) is 2.44. The van der Waals surface area contributed by atoms with Crippen LogP contribution in [0.3, 0.4) is 0 Å². The number of hydrogen-bond donors (Lipinski definition) is 2. The van der Waals surface area contributed by atoms with Gasteiger partial charge in [0.25, 0.3) is 11.8 Å². The number of thiophene rings is 1. The Labute approximate surface area is 143 Å². The van der Waals surface area contributed by atoms with Gasteiger partial charge in [0.15, 0.2) is 0 Å². The van der Waals surface area contributed by atoms with Crippen LogP contribution in [0.4, 0.5) is 5.00 Å². The SMILES string of the molecule is NC(=O)c1ccsc1NC(=O)c1ccc(OC[C@H]2CCCO2)cc1. The van der Waals surface area contributed by atoms with Crippen molar-refractivity contribution in [2.75, 3.05) is 18.5 Å². The van der Waals surface area contributed by atoms with Crippen LogP contribution >= 0.6 is 11.3 Å². The van der Waals surface area contributed by atoms with Crippen molar-refractivity contribution in [1.29, 1.82) is 0 Å². The molecule has 1 saturated heterocycles. The molecule has 1 fully saturated rings. The number of benzene rings is 1. The van der Waals surface area contributed by atoms with Gasteiger partial charge in [-0.15, -0.1) is 11.3 Å². The molecule has 3 N–H and O–H groups in total. The summed E-state index contributed by atoms with van der Waals surface area (Å²) in [7, 11) is 0. The lowest BCUT2D eigenvalue weighted by Gasteiger charge is -2.11. The van der Waals surface area contributed by atoms with Crippen molar-refractivity contribution in [1.82, 2.24) is 0 Å². The van der Waals surface area contributed by atoms with Gasteiger partial charge in [-0.25, -0.2) is 0 Å². The molecule has 1 aromatic carbocycles. The molecule has 7 heteroatoms. The summed E-state index contributed by atoms with van der Waals surface area (Å²) in [5.41, 5.74) is 6.05. The number of nitrogens with two attached hydrogens (primary N) is 1. The molecule has 1 aliphatic heterocycles. The lowest BCUT2D eigenvalue weighted by Crippen LogP contribution is -2.17. The standard InChI is InChI=1S/C17H18N2O4S/c18-15(20)14-7-9-24-17(14)19-16(21)11-3-5-12(6-4-11)23-10-13-2-1-8-22-13/h3-7,9,13H,1-2,8,10H2,(H2,18,20)(H,19,21)/t13-/m1/s1. The van der Waals surface area contributed by atoms with Crippen molar-refractivity contribution in [2.24, 2.45) is 5.73 Å². The van der Waals surface area contributed by atoms with E-state index in [2.05, 4.69) is 5.32 Å². The Morgan fingerprint density at radius 3 is 2.75 bits per heavy atom. The second-order valence-corrected chi connectivity index (χ2v) is 6.37. The predicted molar refractivity (Wildman–Crippen MR) is 91.7 cm³/mol. The van der Waals surface area contributed by atoms with Crippen LogP contribution in [0.15, 0.2) is 35.7 Å². The second kappa shape index (κ2) is 7.46. The maximum absolute atomic E-state index is 12.2. The van der Waals surface area contributed by atoms with Crippen LogP contribution in [0, 0.1) is 0 Å². The molecule has 24 heavy (non-hydrogen) atoms. The van der Waals surface area contributed by atoms with Crippen LogP contribution in [-0.2, 0) is 4.74 Å². The van der Waals surface area contributed by atoms with Crippen molar-refractivity contribution in [3.05, 3.63) is 46.8 Å². The van der Waals surface area contributed by atoms with E-state index in [0.29, 0.717) is 28.5 Å². The molecule has 6 nitrogen and oxygen atoms in total. The zero-order valence-corrected chi connectivity index (χ0v) is 13.8. The first-order valence-electron chi connectivity index (χ1n) is 7.66. The van der Waals surface area contributed by atoms with Crippen molar-refractivity contribution in [3.8, 4) is 5.75 Å². The largest absolute Gasteiger partial charge is 0.491 e. The number of carbonyl (C=O) groups excluding carboxylic acids is 2. The van der Waals surface area contributed by atoms with Gasteiger partial charge in [-0.1, -0.05) is 0 Å². The van der Waals surface area contributed by atoms with Crippen LogP contribution in [0.2, 0.25) is 0 Å². The van der Waals surface area contributed by atoms with Crippen molar-refractivity contribution >= 4 is 28.2 Å². The van der Waals surface area contributed by atoms with Crippen LogP contribution in [0.1, 0.15) is 33.6 Å². The minimum absolute atomic E-state index is 0.152. The maximum atomic E-state index is 12.2. The van der Waals surface area contributed by atoms with Crippen LogP contribution in [0.25, 0.3) is 0 Å². The number of anilines is 1. The molecule has 2 aromatic rings. The fraction of sp³-hybridized carbons (Fsp3) is 0.294. The molecular formula is C17H18N2O4S. The third-order valence-electron chi connectivity index (χ3n) is 3.73. The van der Waals surface area contributed by atoms with Crippen LogP contribution in [-0.4, -0.2) is 31.1 Å². The van der Waals surface area contributed by atoms with Gasteiger partial charge in [-0.05, 0) is 48.6 Å². The summed E-state index contributed by atoms with van der Waals surface area (Å²) in [6.45, 7) is 1.31. The molecule has 0 spiro atoms. The molecule has 2 heterocycles. The van der Waals surface area contributed by atoms with Crippen molar-refractivity contribution < 1.29 is 19.1 Å². The number of carbonyl (C=O) groups is 2. The molecule has 1 aliphatic rings. The second-order valence-electron chi connectivity index (χ2n) is 5.45. The smallest absolute Gasteiger partial charge is 0.256 e. The highest BCUT2D eigenvalue weighted by Crippen LogP contribution is 2.24. The monoisotopic (exact) mass is 346 g/mol. The summed E-state index contributed by atoms with van der Waals surface area (Å²) in [6, 6.07) is 8.43. The minimum atomic E-state index is -0.565. The molecule has 0 unspecified atom stereocenters. The fourth-order valence-corrected chi connectivity index (χ4v) is 3.23. The van der Waals surface area contributed by atoms with Gasteiger partial charge in [0.05, 0.1) is 11.7 Å². The highest BCUT2D eigenvalue weighted by atomic mass is 32.1. The zero-order valence-electron chi connectivity index (χ0n) is 13.0. The summed E-state index contributed by atoms with van der Waals surface area (Å²) in [6.07, 6.45) is 2.24. The van der Waals surface area contributed by atoms with Gasteiger partial charge in [0, 0.05) is 12.2 Å². The normalized spacial score (nSPS) is 16.8. The highest BCUT2D eigenvalue weighted by Gasteiger charge is 2.16. The van der Waals surface area contributed by atoms with Gasteiger partial charge in [-0.2, -0.15) is 0 Å². The first kappa shape index (κ1) is 16.5. The maximum Gasteiger partial charge on any atom is 0.256 e. The zero-order chi connectivity index (χ0) is 16.9. The van der Waals surface area contributed by atoms with Crippen molar-refractivity contribution in [2.45, 2.75) is 18.9 Å². The Balaban J connectivity index is 1.59. The number of primary amides is 1. The third-order valence-corrected chi connectivity index (χ3v) is 4.56. The van der Waals surface area contributed by atoms with Gasteiger partial charge < -0.3 is 20.5 Å². The molecule has 2 amide bonds. The Morgan fingerprint density at radius 2 is 2.08 bits per heavy atom. The molecular weight excluding hydrogens is 328 g/mol. The van der Waals surface area contributed by atoms with E-state index in [9.17, 15) is 9.59 Å². The summed E-state index contributed by atoms with van der Waals surface area (Å²) in [5, 5.41) is 4.86.